The second-order valence-electron chi connectivity index (χ2n) is 5.48. The van der Waals surface area contributed by atoms with Crippen LogP contribution in [0.1, 0.15) is 10.4 Å². The van der Waals surface area contributed by atoms with E-state index in [1.165, 1.54) is 0 Å². The van der Waals surface area contributed by atoms with Crippen LogP contribution in [0, 0.1) is 0 Å². The van der Waals surface area contributed by atoms with Crippen molar-refractivity contribution in [2.45, 2.75) is 0 Å². The van der Waals surface area contributed by atoms with E-state index in [-0.39, 0.29) is 5.91 Å². The van der Waals surface area contributed by atoms with Crippen LogP contribution in [0.5, 0.6) is 5.75 Å². The minimum absolute atomic E-state index is 0.0726. The molecule has 2 aromatic carbocycles. The van der Waals surface area contributed by atoms with Gasteiger partial charge in [-0.05, 0) is 48.5 Å². The Balaban J connectivity index is 1.61. The van der Waals surface area contributed by atoms with Crippen molar-refractivity contribution in [1.29, 1.82) is 0 Å². The normalized spacial score (nSPS) is 14.7. The number of amides is 1. The first-order valence-corrected chi connectivity index (χ1v) is 7.99. The molecule has 0 atom stereocenters. The summed E-state index contributed by atoms with van der Waals surface area (Å²) >= 11 is 5.92. The number of hydrogen-bond acceptors (Lipinski definition) is 3. The maximum absolute atomic E-state index is 12.5. The molecule has 5 heteroatoms. The number of halogens is 1. The summed E-state index contributed by atoms with van der Waals surface area (Å²) < 4.78 is 5.12. The summed E-state index contributed by atoms with van der Waals surface area (Å²) in [5.41, 5.74) is 1.84. The van der Waals surface area contributed by atoms with Crippen LogP contribution >= 0.6 is 11.6 Å². The summed E-state index contributed by atoms with van der Waals surface area (Å²) in [6, 6.07) is 15.1. The number of methoxy groups -OCH3 is 1. The fourth-order valence-corrected chi connectivity index (χ4v) is 2.86. The third kappa shape index (κ3) is 3.59. The van der Waals surface area contributed by atoms with Crippen molar-refractivity contribution in [3.63, 3.8) is 0 Å². The van der Waals surface area contributed by atoms with Crippen LogP contribution in [0.3, 0.4) is 0 Å². The molecule has 1 aliphatic rings. The van der Waals surface area contributed by atoms with Crippen LogP contribution in [0.2, 0.25) is 5.02 Å². The van der Waals surface area contributed by atoms with E-state index in [0.29, 0.717) is 18.7 Å². The van der Waals surface area contributed by atoms with Crippen molar-refractivity contribution in [3.8, 4) is 5.75 Å². The molecule has 1 aliphatic heterocycles. The van der Waals surface area contributed by atoms with Gasteiger partial charge < -0.3 is 14.5 Å². The average molecular weight is 331 g/mol. The number of ether oxygens (including phenoxy) is 1. The lowest BCUT2D eigenvalue weighted by Gasteiger charge is -2.36. The van der Waals surface area contributed by atoms with Gasteiger partial charge in [0, 0.05) is 42.5 Å². The first-order chi connectivity index (χ1) is 11.2. The van der Waals surface area contributed by atoms with Crippen LogP contribution in [0.25, 0.3) is 0 Å². The molecule has 0 unspecified atom stereocenters. The Morgan fingerprint density at radius 1 is 0.957 bits per heavy atom. The third-order valence-electron chi connectivity index (χ3n) is 4.10. The number of anilines is 1. The Morgan fingerprint density at radius 2 is 1.57 bits per heavy atom. The third-order valence-corrected chi connectivity index (χ3v) is 4.35. The Bertz CT molecular complexity index is 662. The SMILES string of the molecule is COc1ccc(C(=O)N2CCN(c3ccc(Cl)cc3)CC2)cc1. The molecular formula is C18H19ClN2O2. The lowest BCUT2D eigenvalue weighted by molar-refractivity contribution is 0.0747. The molecule has 23 heavy (non-hydrogen) atoms. The van der Waals surface area contributed by atoms with E-state index in [4.69, 9.17) is 16.3 Å². The molecule has 1 saturated heterocycles. The molecule has 1 heterocycles. The molecule has 0 saturated carbocycles. The predicted molar refractivity (Wildman–Crippen MR) is 92.6 cm³/mol. The van der Waals surface area contributed by atoms with Crippen LogP contribution in [-0.4, -0.2) is 44.1 Å². The van der Waals surface area contributed by atoms with Crippen LogP contribution in [0.4, 0.5) is 5.69 Å². The topological polar surface area (TPSA) is 32.8 Å². The monoisotopic (exact) mass is 330 g/mol. The summed E-state index contributed by atoms with van der Waals surface area (Å²) in [5.74, 6) is 0.831. The van der Waals surface area contributed by atoms with Gasteiger partial charge in [0.05, 0.1) is 7.11 Å². The average Bonchev–Trinajstić information content (AvgIpc) is 2.62. The summed E-state index contributed by atoms with van der Waals surface area (Å²) in [6.07, 6.45) is 0. The highest BCUT2D eigenvalue weighted by molar-refractivity contribution is 6.30. The van der Waals surface area contributed by atoms with Crippen molar-refractivity contribution in [2.24, 2.45) is 0 Å². The van der Waals surface area contributed by atoms with Gasteiger partial charge in [0.25, 0.3) is 5.91 Å². The van der Waals surface area contributed by atoms with Gasteiger partial charge in [-0.2, -0.15) is 0 Å². The standard InChI is InChI=1S/C18H19ClN2O2/c1-23-17-8-2-14(3-9-17)18(22)21-12-10-20(11-13-21)16-6-4-15(19)5-7-16/h2-9H,10-13H2,1H3. The highest BCUT2D eigenvalue weighted by Gasteiger charge is 2.22. The van der Waals surface area contributed by atoms with Crippen LogP contribution in [-0.2, 0) is 0 Å². The number of piperazine rings is 1. The summed E-state index contributed by atoms with van der Waals surface area (Å²) in [6.45, 7) is 3.08. The van der Waals surface area contributed by atoms with Crippen LogP contribution < -0.4 is 9.64 Å². The zero-order valence-electron chi connectivity index (χ0n) is 13.0. The second-order valence-corrected chi connectivity index (χ2v) is 5.92. The van der Waals surface area contributed by atoms with Gasteiger partial charge in [0.1, 0.15) is 5.75 Å². The van der Waals surface area contributed by atoms with E-state index < -0.39 is 0 Å². The maximum atomic E-state index is 12.5. The Kier molecular flexibility index (Phi) is 4.72. The molecular weight excluding hydrogens is 312 g/mol. The van der Waals surface area contributed by atoms with E-state index in [1.807, 2.05) is 53.4 Å². The zero-order valence-corrected chi connectivity index (χ0v) is 13.8. The molecule has 0 aliphatic carbocycles. The number of rotatable bonds is 3. The zero-order chi connectivity index (χ0) is 16.2. The van der Waals surface area contributed by atoms with Crippen molar-refractivity contribution in [3.05, 3.63) is 59.1 Å². The molecule has 0 bridgehead atoms. The highest BCUT2D eigenvalue weighted by atomic mass is 35.5. The Labute approximate surface area is 141 Å². The van der Waals surface area contributed by atoms with Gasteiger partial charge in [-0.1, -0.05) is 11.6 Å². The van der Waals surface area contributed by atoms with Gasteiger partial charge >= 0.3 is 0 Å². The molecule has 1 amide bonds. The minimum atomic E-state index is 0.0726. The van der Waals surface area contributed by atoms with Crippen LogP contribution in [0.15, 0.2) is 48.5 Å². The first kappa shape index (κ1) is 15.7. The summed E-state index contributed by atoms with van der Waals surface area (Å²) in [7, 11) is 1.62. The van der Waals surface area contributed by atoms with E-state index in [1.54, 1.807) is 7.11 Å². The first-order valence-electron chi connectivity index (χ1n) is 7.61. The molecule has 120 valence electrons. The number of benzene rings is 2. The van der Waals surface area contributed by atoms with Gasteiger partial charge in [0.15, 0.2) is 0 Å². The van der Waals surface area contributed by atoms with Gasteiger partial charge in [-0.15, -0.1) is 0 Å². The van der Waals surface area contributed by atoms with Gasteiger partial charge in [-0.25, -0.2) is 0 Å². The smallest absolute Gasteiger partial charge is 0.253 e. The molecule has 4 nitrogen and oxygen atoms in total. The van der Waals surface area contributed by atoms with Gasteiger partial charge in [-0.3, -0.25) is 4.79 Å². The van der Waals surface area contributed by atoms with Crippen molar-refractivity contribution in [1.82, 2.24) is 4.90 Å². The summed E-state index contributed by atoms with van der Waals surface area (Å²) in [5, 5.41) is 0.738. The second kappa shape index (κ2) is 6.92. The lowest BCUT2D eigenvalue weighted by atomic mass is 10.1. The van der Waals surface area contributed by atoms with E-state index in [9.17, 15) is 4.79 Å². The van der Waals surface area contributed by atoms with Crippen molar-refractivity contribution < 1.29 is 9.53 Å². The largest absolute Gasteiger partial charge is 0.497 e. The number of hydrogen-bond donors (Lipinski definition) is 0. The molecule has 0 aromatic heterocycles. The predicted octanol–water partition coefficient (Wildman–Crippen LogP) is 3.31. The van der Waals surface area contributed by atoms with Crippen molar-refractivity contribution >= 4 is 23.2 Å². The van der Waals surface area contributed by atoms with E-state index in [0.717, 1.165) is 29.5 Å². The Hall–Kier alpha value is -2.20. The highest BCUT2D eigenvalue weighted by Crippen LogP contribution is 2.20. The molecule has 1 fully saturated rings. The lowest BCUT2D eigenvalue weighted by Crippen LogP contribution is -2.48. The molecule has 0 N–H and O–H groups in total. The minimum Gasteiger partial charge on any atom is -0.497 e. The fourth-order valence-electron chi connectivity index (χ4n) is 2.74. The molecule has 3 rings (SSSR count). The van der Waals surface area contributed by atoms with Crippen molar-refractivity contribution in [2.75, 3.05) is 38.2 Å². The number of carbonyl (C=O) groups is 1. The molecule has 2 aromatic rings. The number of carbonyl (C=O) groups excluding carboxylic acids is 1. The molecule has 0 spiro atoms. The summed E-state index contributed by atoms with van der Waals surface area (Å²) in [4.78, 5) is 16.7. The maximum Gasteiger partial charge on any atom is 0.253 e. The number of nitrogens with zero attached hydrogens (tertiary/aromatic N) is 2. The van der Waals surface area contributed by atoms with E-state index in [2.05, 4.69) is 4.90 Å². The Morgan fingerprint density at radius 3 is 2.13 bits per heavy atom. The molecule has 0 radical (unpaired) electrons. The van der Waals surface area contributed by atoms with Gasteiger partial charge in [0.2, 0.25) is 0 Å². The quantitative estimate of drug-likeness (QED) is 0.865. The fraction of sp³-hybridized carbons (Fsp3) is 0.278. The van der Waals surface area contributed by atoms with E-state index >= 15 is 0 Å².